The summed E-state index contributed by atoms with van der Waals surface area (Å²) in [6.07, 6.45) is 1.34. The number of hydrogen-bond donors (Lipinski definition) is 2. The van der Waals surface area contributed by atoms with Crippen molar-refractivity contribution in [3.63, 3.8) is 0 Å². The van der Waals surface area contributed by atoms with Gasteiger partial charge in [-0.25, -0.2) is 0 Å². The van der Waals surface area contributed by atoms with Crippen molar-refractivity contribution in [3.05, 3.63) is 0 Å². The van der Waals surface area contributed by atoms with Gasteiger partial charge in [0.15, 0.2) is 0 Å². The number of piperidine rings is 1. The molecule has 0 aromatic rings. The summed E-state index contributed by atoms with van der Waals surface area (Å²) in [5, 5.41) is 2.60. The summed E-state index contributed by atoms with van der Waals surface area (Å²) >= 11 is 0. The fraction of sp³-hybridized carbons (Fsp3) is 0.824. The van der Waals surface area contributed by atoms with Crippen molar-refractivity contribution < 1.29 is 14.4 Å². The first kappa shape index (κ1) is 20.4. The maximum atomic E-state index is 12.3. The lowest BCUT2D eigenvalue weighted by atomic mass is 9.95. The number of nitrogens with zero attached hydrogens (tertiary/aromatic N) is 2. The van der Waals surface area contributed by atoms with Gasteiger partial charge in [0.25, 0.3) is 0 Å². The first-order chi connectivity index (χ1) is 11.1. The third-order valence-electron chi connectivity index (χ3n) is 4.75. The summed E-state index contributed by atoms with van der Waals surface area (Å²) in [7, 11) is 1.82. The Morgan fingerprint density at radius 1 is 1.17 bits per heavy atom. The molecule has 1 heterocycles. The Balaban J connectivity index is 2.41. The van der Waals surface area contributed by atoms with Gasteiger partial charge in [0.2, 0.25) is 17.7 Å². The minimum Gasteiger partial charge on any atom is -0.346 e. The van der Waals surface area contributed by atoms with E-state index in [2.05, 4.69) is 5.32 Å². The smallest absolute Gasteiger partial charge is 0.241 e. The van der Waals surface area contributed by atoms with Gasteiger partial charge in [0.1, 0.15) is 0 Å². The highest BCUT2D eigenvalue weighted by atomic mass is 16.2. The average Bonchev–Trinajstić information content (AvgIpc) is 2.57. The molecule has 0 aromatic carbocycles. The van der Waals surface area contributed by atoms with Gasteiger partial charge in [-0.05, 0) is 32.6 Å². The number of nitrogens with one attached hydrogen (secondary N) is 1. The first-order valence-corrected chi connectivity index (χ1v) is 8.72. The minimum atomic E-state index is -0.604. The van der Waals surface area contributed by atoms with E-state index >= 15 is 0 Å². The highest BCUT2D eigenvalue weighted by Crippen LogP contribution is 2.20. The quantitative estimate of drug-likeness (QED) is 0.721. The van der Waals surface area contributed by atoms with Gasteiger partial charge in [0, 0.05) is 32.1 Å². The van der Waals surface area contributed by atoms with Crippen LogP contribution >= 0.6 is 0 Å². The summed E-state index contributed by atoms with van der Waals surface area (Å²) < 4.78 is 0. The number of carbonyl (C=O) groups is 3. The van der Waals surface area contributed by atoms with Crippen LogP contribution < -0.4 is 11.1 Å². The van der Waals surface area contributed by atoms with Crippen LogP contribution in [-0.2, 0) is 14.4 Å². The SMILES string of the molecule is CC(C)[C@H](N)C(=O)NCC(=O)N1CCC(C(=O)N(C)C(C)C)CC1. The largest absolute Gasteiger partial charge is 0.346 e. The van der Waals surface area contributed by atoms with E-state index in [4.69, 9.17) is 5.73 Å². The standard InChI is InChI=1S/C17H32N4O3/c1-11(2)15(18)16(23)19-10-14(22)21-8-6-13(7-9-21)17(24)20(5)12(3)4/h11-13,15H,6-10,18H2,1-5H3,(H,19,23)/t15-/m0/s1. The van der Waals surface area contributed by atoms with E-state index in [9.17, 15) is 14.4 Å². The second-order valence-electron chi connectivity index (χ2n) is 7.19. The van der Waals surface area contributed by atoms with Crippen LogP contribution in [0.4, 0.5) is 0 Å². The molecule has 1 saturated heterocycles. The number of nitrogens with two attached hydrogens (primary N) is 1. The van der Waals surface area contributed by atoms with E-state index < -0.39 is 6.04 Å². The maximum absolute atomic E-state index is 12.3. The van der Waals surface area contributed by atoms with E-state index in [1.165, 1.54) is 0 Å². The van der Waals surface area contributed by atoms with Crippen molar-refractivity contribution in [3.8, 4) is 0 Å². The monoisotopic (exact) mass is 340 g/mol. The van der Waals surface area contributed by atoms with Crippen LogP contribution in [0, 0.1) is 11.8 Å². The van der Waals surface area contributed by atoms with E-state index in [0.29, 0.717) is 25.9 Å². The second kappa shape index (κ2) is 9.01. The van der Waals surface area contributed by atoms with E-state index in [1.54, 1.807) is 9.80 Å². The van der Waals surface area contributed by atoms with Crippen molar-refractivity contribution in [1.82, 2.24) is 15.1 Å². The topological polar surface area (TPSA) is 95.7 Å². The Labute approximate surface area is 144 Å². The lowest BCUT2D eigenvalue weighted by Gasteiger charge is -2.34. The fourth-order valence-electron chi connectivity index (χ4n) is 2.61. The van der Waals surface area contributed by atoms with Crippen LogP contribution in [0.5, 0.6) is 0 Å². The summed E-state index contributed by atoms with van der Waals surface area (Å²) in [6, 6.07) is -0.426. The van der Waals surface area contributed by atoms with Crippen LogP contribution in [0.25, 0.3) is 0 Å². The van der Waals surface area contributed by atoms with Gasteiger partial charge < -0.3 is 20.9 Å². The molecule has 0 radical (unpaired) electrons. The molecule has 0 unspecified atom stereocenters. The van der Waals surface area contributed by atoms with Crippen LogP contribution in [-0.4, -0.2) is 66.3 Å². The molecule has 0 aliphatic carbocycles. The number of carbonyl (C=O) groups excluding carboxylic acids is 3. The molecule has 0 saturated carbocycles. The Bertz CT molecular complexity index is 457. The molecule has 0 aromatic heterocycles. The summed E-state index contributed by atoms with van der Waals surface area (Å²) in [6.45, 7) is 8.76. The number of hydrogen-bond acceptors (Lipinski definition) is 4. The molecule has 138 valence electrons. The van der Waals surface area contributed by atoms with Crippen molar-refractivity contribution in [2.45, 2.75) is 52.6 Å². The van der Waals surface area contributed by atoms with Gasteiger partial charge in [-0.2, -0.15) is 0 Å². The second-order valence-corrected chi connectivity index (χ2v) is 7.19. The highest BCUT2D eigenvalue weighted by molar-refractivity contribution is 5.87. The van der Waals surface area contributed by atoms with Crippen molar-refractivity contribution >= 4 is 17.7 Å². The van der Waals surface area contributed by atoms with E-state index in [0.717, 1.165) is 0 Å². The van der Waals surface area contributed by atoms with Crippen molar-refractivity contribution in [2.75, 3.05) is 26.7 Å². The van der Waals surface area contributed by atoms with Gasteiger partial charge in [0.05, 0.1) is 12.6 Å². The molecule has 0 bridgehead atoms. The molecule has 0 spiro atoms. The third-order valence-corrected chi connectivity index (χ3v) is 4.75. The molecular weight excluding hydrogens is 308 g/mol. The Morgan fingerprint density at radius 2 is 1.71 bits per heavy atom. The zero-order valence-corrected chi connectivity index (χ0v) is 15.5. The van der Waals surface area contributed by atoms with Crippen LogP contribution in [0.1, 0.15) is 40.5 Å². The molecular formula is C17H32N4O3. The molecule has 1 fully saturated rings. The molecule has 24 heavy (non-hydrogen) atoms. The fourth-order valence-corrected chi connectivity index (χ4v) is 2.61. The van der Waals surface area contributed by atoms with Crippen molar-refractivity contribution in [1.29, 1.82) is 0 Å². The highest BCUT2D eigenvalue weighted by Gasteiger charge is 2.30. The zero-order valence-electron chi connectivity index (χ0n) is 15.5. The Hall–Kier alpha value is -1.63. The molecule has 1 atom stereocenters. The van der Waals surface area contributed by atoms with Gasteiger partial charge in [-0.1, -0.05) is 13.8 Å². The first-order valence-electron chi connectivity index (χ1n) is 8.72. The molecule has 7 nitrogen and oxygen atoms in total. The molecule has 7 heteroatoms. The summed E-state index contributed by atoms with van der Waals surface area (Å²) in [5.74, 6) is -0.275. The molecule has 1 rings (SSSR count). The molecule has 1 aliphatic heterocycles. The Kier molecular flexibility index (Phi) is 7.66. The number of rotatable bonds is 6. The Morgan fingerprint density at radius 3 is 2.17 bits per heavy atom. The van der Waals surface area contributed by atoms with Crippen LogP contribution in [0.3, 0.4) is 0 Å². The van der Waals surface area contributed by atoms with Gasteiger partial charge in [-0.15, -0.1) is 0 Å². The van der Waals surface area contributed by atoms with Gasteiger partial charge in [-0.3, -0.25) is 14.4 Å². The van der Waals surface area contributed by atoms with Gasteiger partial charge >= 0.3 is 0 Å². The average molecular weight is 340 g/mol. The maximum Gasteiger partial charge on any atom is 0.241 e. The number of amides is 3. The lowest BCUT2D eigenvalue weighted by molar-refractivity contribution is -0.140. The number of likely N-dealkylation sites (tertiary alicyclic amines) is 1. The van der Waals surface area contributed by atoms with Crippen molar-refractivity contribution in [2.24, 2.45) is 17.6 Å². The van der Waals surface area contributed by atoms with Crippen LogP contribution in [0.2, 0.25) is 0 Å². The third kappa shape index (κ3) is 5.47. The molecule has 3 amide bonds. The van der Waals surface area contributed by atoms with E-state index in [1.807, 2.05) is 34.7 Å². The molecule has 1 aliphatic rings. The van der Waals surface area contributed by atoms with Crippen LogP contribution in [0.15, 0.2) is 0 Å². The normalized spacial score (nSPS) is 17.1. The zero-order chi connectivity index (χ0) is 18.4. The van der Waals surface area contributed by atoms with E-state index in [-0.39, 0.29) is 42.1 Å². The summed E-state index contributed by atoms with van der Waals surface area (Å²) in [5.41, 5.74) is 5.75. The predicted molar refractivity (Wildman–Crippen MR) is 93.0 cm³/mol. The summed E-state index contributed by atoms with van der Waals surface area (Å²) in [4.78, 5) is 39.8. The lowest BCUT2D eigenvalue weighted by Crippen LogP contribution is -2.50. The molecule has 3 N–H and O–H groups in total. The predicted octanol–water partition coefficient (Wildman–Crippen LogP) is 0.191. The minimum absolute atomic E-state index is 0.0228.